The number of thiophene rings is 1. The Labute approximate surface area is 180 Å². The van der Waals surface area contributed by atoms with Crippen LogP contribution >= 0.6 is 11.3 Å². The van der Waals surface area contributed by atoms with Crippen molar-refractivity contribution >= 4 is 35.3 Å². The lowest BCUT2D eigenvalue weighted by Crippen LogP contribution is -2.28. The summed E-state index contributed by atoms with van der Waals surface area (Å²) >= 11 is 1.45. The van der Waals surface area contributed by atoms with Crippen molar-refractivity contribution in [3.8, 4) is 0 Å². The van der Waals surface area contributed by atoms with E-state index in [1.54, 1.807) is 13.0 Å². The highest BCUT2D eigenvalue weighted by Crippen LogP contribution is 2.26. The Kier molecular flexibility index (Phi) is 8.41. The van der Waals surface area contributed by atoms with Crippen molar-refractivity contribution in [3.05, 3.63) is 51.0 Å². The number of rotatable bonds is 9. The van der Waals surface area contributed by atoms with Gasteiger partial charge in [-0.05, 0) is 45.2 Å². The quantitative estimate of drug-likeness (QED) is 0.481. The van der Waals surface area contributed by atoms with E-state index in [-0.39, 0.29) is 18.9 Å². The molecule has 30 heavy (non-hydrogen) atoms. The van der Waals surface area contributed by atoms with Crippen molar-refractivity contribution in [1.29, 1.82) is 0 Å². The van der Waals surface area contributed by atoms with Crippen LogP contribution in [0.4, 0.5) is 0 Å². The SMILES string of the molecule is CCOC(=O)c1c(/C=C/C(=O)NC(CC(=O)OC)c2cccs2)c(C)n(CC)c1C. The minimum Gasteiger partial charge on any atom is -0.469 e. The number of methoxy groups -OCH3 is 1. The van der Waals surface area contributed by atoms with Crippen LogP contribution in [-0.4, -0.2) is 36.1 Å². The zero-order valence-electron chi connectivity index (χ0n) is 18.0. The Morgan fingerprint density at radius 3 is 2.53 bits per heavy atom. The standard InChI is InChI=1S/C22H28N2O5S/c1-6-24-14(3)16(21(15(24)4)22(27)29-7-2)10-11-19(25)23-17(13-20(26)28-5)18-9-8-12-30-18/h8-12,17H,6-7,13H2,1-5H3,(H,23,25)/b11-10+. The van der Waals surface area contributed by atoms with E-state index >= 15 is 0 Å². The molecule has 1 N–H and O–H groups in total. The lowest BCUT2D eigenvalue weighted by atomic mass is 10.1. The second-order valence-corrected chi connectivity index (χ2v) is 7.59. The minimum absolute atomic E-state index is 0.0367. The lowest BCUT2D eigenvalue weighted by molar-refractivity contribution is -0.141. The molecule has 2 heterocycles. The van der Waals surface area contributed by atoms with Crippen LogP contribution in [0, 0.1) is 13.8 Å². The number of ether oxygens (including phenoxy) is 2. The number of nitrogens with zero attached hydrogens (tertiary/aromatic N) is 1. The van der Waals surface area contributed by atoms with Crippen molar-refractivity contribution in [2.75, 3.05) is 13.7 Å². The Bertz CT molecular complexity index is 928. The van der Waals surface area contributed by atoms with E-state index in [9.17, 15) is 14.4 Å². The summed E-state index contributed by atoms with van der Waals surface area (Å²) in [5.74, 6) is -1.19. The molecule has 0 radical (unpaired) electrons. The maximum absolute atomic E-state index is 12.6. The molecule has 0 aromatic carbocycles. The number of esters is 2. The van der Waals surface area contributed by atoms with E-state index in [0.717, 1.165) is 16.3 Å². The maximum atomic E-state index is 12.6. The predicted molar refractivity (Wildman–Crippen MR) is 116 cm³/mol. The van der Waals surface area contributed by atoms with Gasteiger partial charge in [-0.3, -0.25) is 9.59 Å². The third kappa shape index (κ3) is 5.38. The molecule has 162 valence electrons. The number of aromatic nitrogens is 1. The van der Waals surface area contributed by atoms with Gasteiger partial charge in [-0.2, -0.15) is 0 Å². The summed E-state index contributed by atoms with van der Waals surface area (Å²) in [6, 6.07) is 3.23. The van der Waals surface area contributed by atoms with E-state index in [0.29, 0.717) is 17.7 Å². The molecule has 0 saturated carbocycles. The molecule has 1 amide bonds. The van der Waals surface area contributed by atoms with Gasteiger partial charge in [0.2, 0.25) is 5.91 Å². The molecular weight excluding hydrogens is 404 g/mol. The fourth-order valence-electron chi connectivity index (χ4n) is 3.39. The second-order valence-electron chi connectivity index (χ2n) is 6.61. The molecule has 8 heteroatoms. The van der Waals surface area contributed by atoms with Crippen LogP contribution in [0.15, 0.2) is 23.6 Å². The maximum Gasteiger partial charge on any atom is 0.340 e. The Hall–Kier alpha value is -2.87. The molecule has 2 aromatic heterocycles. The van der Waals surface area contributed by atoms with Crippen LogP contribution in [0.25, 0.3) is 6.08 Å². The van der Waals surface area contributed by atoms with E-state index < -0.39 is 18.0 Å². The van der Waals surface area contributed by atoms with Crippen molar-refractivity contribution in [2.24, 2.45) is 0 Å². The second kappa shape index (κ2) is 10.8. The van der Waals surface area contributed by atoms with Crippen molar-refractivity contribution in [2.45, 2.75) is 46.7 Å². The molecular formula is C22H28N2O5S. The molecule has 0 aliphatic rings. The smallest absolute Gasteiger partial charge is 0.340 e. The van der Waals surface area contributed by atoms with Crippen molar-refractivity contribution < 1.29 is 23.9 Å². The van der Waals surface area contributed by atoms with Gasteiger partial charge in [-0.1, -0.05) is 6.07 Å². The third-order valence-electron chi connectivity index (χ3n) is 4.83. The summed E-state index contributed by atoms with van der Waals surface area (Å²) < 4.78 is 12.0. The Balaban J connectivity index is 2.28. The molecule has 0 spiro atoms. The predicted octanol–water partition coefficient (Wildman–Crippen LogP) is 3.80. The molecule has 7 nitrogen and oxygen atoms in total. The molecule has 0 aliphatic heterocycles. The summed E-state index contributed by atoms with van der Waals surface area (Å²) in [6.45, 7) is 8.49. The first-order chi connectivity index (χ1) is 14.3. The van der Waals surface area contributed by atoms with E-state index in [1.165, 1.54) is 24.5 Å². The van der Waals surface area contributed by atoms with Crippen LogP contribution < -0.4 is 5.32 Å². The summed E-state index contributed by atoms with van der Waals surface area (Å²) in [6.07, 6.45) is 3.04. The highest BCUT2D eigenvalue weighted by Gasteiger charge is 2.23. The molecule has 2 aromatic rings. The van der Waals surface area contributed by atoms with Crippen molar-refractivity contribution in [3.63, 3.8) is 0 Å². The van der Waals surface area contributed by atoms with Crippen LogP contribution in [0.3, 0.4) is 0 Å². The molecule has 0 fully saturated rings. The van der Waals surface area contributed by atoms with E-state index in [4.69, 9.17) is 9.47 Å². The van der Waals surface area contributed by atoms with Gasteiger partial charge >= 0.3 is 11.9 Å². The Morgan fingerprint density at radius 2 is 1.97 bits per heavy atom. The molecule has 0 saturated heterocycles. The van der Waals surface area contributed by atoms with Gasteiger partial charge < -0.3 is 19.4 Å². The Morgan fingerprint density at radius 1 is 1.23 bits per heavy atom. The average Bonchev–Trinajstić information content (AvgIpc) is 3.32. The third-order valence-corrected chi connectivity index (χ3v) is 5.82. The molecule has 0 bridgehead atoms. The van der Waals surface area contributed by atoms with Crippen LogP contribution in [0.2, 0.25) is 0 Å². The van der Waals surface area contributed by atoms with Gasteiger partial charge in [0, 0.05) is 34.4 Å². The first-order valence-electron chi connectivity index (χ1n) is 9.79. The minimum atomic E-state index is -0.484. The molecule has 1 atom stereocenters. The summed E-state index contributed by atoms with van der Waals surface area (Å²) in [5.41, 5.74) is 2.80. The summed E-state index contributed by atoms with van der Waals surface area (Å²) in [4.78, 5) is 37.7. The van der Waals surface area contributed by atoms with Gasteiger partial charge in [0.25, 0.3) is 0 Å². The fraction of sp³-hybridized carbons (Fsp3) is 0.409. The van der Waals surface area contributed by atoms with Gasteiger partial charge in [-0.25, -0.2) is 4.79 Å². The molecule has 1 unspecified atom stereocenters. The zero-order chi connectivity index (χ0) is 22.3. The normalized spacial score (nSPS) is 12.0. The number of hydrogen-bond acceptors (Lipinski definition) is 6. The highest BCUT2D eigenvalue weighted by molar-refractivity contribution is 7.10. The van der Waals surface area contributed by atoms with Crippen LogP contribution in [0.5, 0.6) is 0 Å². The van der Waals surface area contributed by atoms with Gasteiger partial charge in [0.05, 0.1) is 31.7 Å². The number of amides is 1. The average molecular weight is 433 g/mol. The van der Waals surface area contributed by atoms with E-state index in [1.807, 2.05) is 42.9 Å². The number of carbonyl (C=O) groups is 3. The highest BCUT2D eigenvalue weighted by atomic mass is 32.1. The number of carbonyl (C=O) groups excluding carboxylic acids is 3. The van der Waals surface area contributed by atoms with Crippen molar-refractivity contribution in [1.82, 2.24) is 9.88 Å². The lowest BCUT2D eigenvalue weighted by Gasteiger charge is -2.15. The largest absolute Gasteiger partial charge is 0.469 e. The molecule has 2 rings (SSSR count). The van der Waals surface area contributed by atoms with E-state index in [2.05, 4.69) is 5.32 Å². The monoisotopic (exact) mass is 432 g/mol. The summed E-state index contributed by atoms with van der Waals surface area (Å²) in [7, 11) is 1.32. The summed E-state index contributed by atoms with van der Waals surface area (Å²) in [5, 5.41) is 4.73. The topological polar surface area (TPSA) is 86.6 Å². The zero-order valence-corrected chi connectivity index (χ0v) is 18.8. The van der Waals surface area contributed by atoms with Gasteiger partial charge in [-0.15, -0.1) is 11.3 Å². The number of hydrogen-bond donors (Lipinski definition) is 1. The van der Waals surface area contributed by atoms with Crippen LogP contribution in [0.1, 0.15) is 58.5 Å². The van der Waals surface area contributed by atoms with Gasteiger partial charge in [0.15, 0.2) is 0 Å². The molecule has 0 aliphatic carbocycles. The first kappa shape index (κ1) is 23.4. The fourth-order valence-corrected chi connectivity index (χ4v) is 4.17. The van der Waals surface area contributed by atoms with Gasteiger partial charge in [0.1, 0.15) is 0 Å². The first-order valence-corrected chi connectivity index (χ1v) is 10.7. The van der Waals surface area contributed by atoms with Crippen LogP contribution in [-0.2, 0) is 25.6 Å². The number of nitrogens with one attached hydrogen (secondary N) is 1.